The molecule has 8 rings (SSSR count). The number of piperidine rings is 1. The Morgan fingerprint density at radius 3 is 1.80 bits per heavy atom. The molecule has 7 heteroatoms. The van der Waals surface area contributed by atoms with Crippen molar-refractivity contribution in [1.82, 2.24) is 19.8 Å². The fraction of sp³-hybridized carbons (Fsp3) is 0.532. The summed E-state index contributed by atoms with van der Waals surface area (Å²) in [6, 6.07) is 19.3. The first kappa shape index (κ1) is 37.0. The van der Waals surface area contributed by atoms with Crippen LogP contribution in [0.1, 0.15) is 123 Å². The molecule has 286 valence electrons. The first-order chi connectivity index (χ1) is 26.5. The number of pyridine rings is 2. The molecule has 3 aliphatic carbocycles. The van der Waals surface area contributed by atoms with Crippen molar-refractivity contribution >= 4 is 0 Å². The molecule has 3 heterocycles. The highest BCUT2D eigenvalue weighted by Crippen LogP contribution is 2.47. The summed E-state index contributed by atoms with van der Waals surface area (Å²) in [5, 5.41) is 0. The van der Waals surface area contributed by atoms with E-state index >= 15 is 0 Å². The second kappa shape index (κ2) is 16.8. The van der Waals surface area contributed by atoms with Gasteiger partial charge in [0.1, 0.15) is 5.75 Å². The van der Waals surface area contributed by atoms with Gasteiger partial charge in [-0.05, 0) is 154 Å². The van der Waals surface area contributed by atoms with Crippen LogP contribution < -0.4 is 14.2 Å². The molecule has 0 amide bonds. The third-order valence-corrected chi connectivity index (χ3v) is 13.3. The van der Waals surface area contributed by atoms with Gasteiger partial charge in [-0.1, -0.05) is 32.1 Å². The van der Waals surface area contributed by atoms with E-state index in [1.807, 2.05) is 12.4 Å². The van der Waals surface area contributed by atoms with Crippen LogP contribution in [-0.2, 0) is 13.1 Å². The van der Waals surface area contributed by atoms with Gasteiger partial charge in [-0.3, -0.25) is 19.8 Å². The smallest absolute Gasteiger partial charge is 0.164 e. The van der Waals surface area contributed by atoms with E-state index < -0.39 is 0 Å². The molecule has 1 aliphatic heterocycles. The number of hydrogen-bond acceptors (Lipinski definition) is 7. The molecular formula is C47H60N4O3. The number of hydrogen-bond donors (Lipinski definition) is 0. The Hall–Kier alpha value is -3.94. The van der Waals surface area contributed by atoms with Gasteiger partial charge in [0.15, 0.2) is 11.5 Å². The molecule has 0 spiro atoms. The van der Waals surface area contributed by atoms with Crippen molar-refractivity contribution in [3.05, 3.63) is 88.7 Å². The molecule has 0 unspecified atom stereocenters. The van der Waals surface area contributed by atoms with Crippen molar-refractivity contribution in [2.75, 3.05) is 34.4 Å². The van der Waals surface area contributed by atoms with Crippen molar-refractivity contribution in [3.8, 4) is 39.8 Å². The first-order valence-corrected chi connectivity index (χ1v) is 20.8. The lowest BCUT2D eigenvalue weighted by Crippen LogP contribution is -2.49. The Labute approximate surface area is 323 Å². The van der Waals surface area contributed by atoms with Gasteiger partial charge in [0.05, 0.1) is 32.7 Å². The predicted molar refractivity (Wildman–Crippen MR) is 218 cm³/mol. The summed E-state index contributed by atoms with van der Waals surface area (Å²) in [4.78, 5) is 15.3. The molecule has 4 aliphatic rings. The first-order valence-electron chi connectivity index (χ1n) is 20.8. The van der Waals surface area contributed by atoms with Crippen LogP contribution in [0.5, 0.6) is 17.2 Å². The van der Waals surface area contributed by atoms with Gasteiger partial charge in [-0.15, -0.1) is 0 Å². The zero-order chi connectivity index (χ0) is 37.0. The topological polar surface area (TPSA) is 60.0 Å². The quantitative estimate of drug-likeness (QED) is 0.136. The standard InChI is InChI=1S/C47H60N4O3/c1-32-41(35-10-8-11-35)26-37(28-45(32)52-2)43-24-33(16-20-48-43)30-50-22-18-40(19-23-50)51(39-14-6-5-7-15-39)31-34-17-21-49-44(25-34)38-27-42(36-12-9-13-36)47(54-4)46(29-38)53-3/h16-17,20-21,24-29,35-36,39-40H,5-15,18-19,22-23,30-31H2,1-4H3. The molecule has 1 saturated heterocycles. The third-order valence-electron chi connectivity index (χ3n) is 13.3. The van der Waals surface area contributed by atoms with E-state index in [0.717, 1.165) is 60.4 Å². The zero-order valence-corrected chi connectivity index (χ0v) is 33.1. The number of ether oxygens (including phenoxy) is 3. The number of benzene rings is 2. The molecule has 54 heavy (non-hydrogen) atoms. The maximum Gasteiger partial charge on any atom is 0.164 e. The molecule has 4 fully saturated rings. The van der Waals surface area contributed by atoms with Gasteiger partial charge in [-0.25, -0.2) is 0 Å². The predicted octanol–water partition coefficient (Wildman–Crippen LogP) is 10.5. The van der Waals surface area contributed by atoms with Crippen molar-refractivity contribution in [1.29, 1.82) is 0 Å². The van der Waals surface area contributed by atoms with Crippen LogP contribution in [0.4, 0.5) is 0 Å². The molecule has 4 aromatic rings. The summed E-state index contributed by atoms with van der Waals surface area (Å²) in [5.41, 5.74) is 11.0. The lowest BCUT2D eigenvalue weighted by atomic mass is 9.77. The molecule has 7 nitrogen and oxygen atoms in total. The van der Waals surface area contributed by atoms with E-state index in [-0.39, 0.29) is 0 Å². The number of nitrogens with zero attached hydrogens (tertiary/aromatic N) is 4. The van der Waals surface area contributed by atoms with Crippen LogP contribution in [0.25, 0.3) is 22.5 Å². The molecule has 2 aromatic carbocycles. The van der Waals surface area contributed by atoms with E-state index in [1.54, 1.807) is 21.3 Å². The highest BCUT2D eigenvalue weighted by molar-refractivity contribution is 5.68. The molecule has 0 atom stereocenters. The van der Waals surface area contributed by atoms with Gasteiger partial charge in [0.25, 0.3) is 0 Å². The summed E-state index contributed by atoms with van der Waals surface area (Å²) >= 11 is 0. The van der Waals surface area contributed by atoms with E-state index in [0.29, 0.717) is 23.9 Å². The summed E-state index contributed by atoms with van der Waals surface area (Å²) in [5.74, 6) is 3.85. The number of aromatic nitrogens is 2. The monoisotopic (exact) mass is 728 g/mol. The van der Waals surface area contributed by atoms with Crippen LogP contribution in [-0.4, -0.2) is 66.3 Å². The van der Waals surface area contributed by atoms with Gasteiger partial charge in [0, 0.05) is 54.3 Å². The van der Waals surface area contributed by atoms with E-state index in [4.69, 9.17) is 24.2 Å². The van der Waals surface area contributed by atoms with Gasteiger partial charge < -0.3 is 14.2 Å². The molecule has 0 bridgehead atoms. The molecule has 0 N–H and O–H groups in total. The fourth-order valence-electron chi connectivity index (χ4n) is 9.68. The van der Waals surface area contributed by atoms with Crippen LogP contribution in [0, 0.1) is 6.92 Å². The Morgan fingerprint density at radius 2 is 1.19 bits per heavy atom. The fourth-order valence-corrected chi connectivity index (χ4v) is 9.68. The van der Waals surface area contributed by atoms with Crippen molar-refractivity contribution in [3.63, 3.8) is 0 Å². The summed E-state index contributed by atoms with van der Waals surface area (Å²) in [7, 11) is 5.29. The van der Waals surface area contributed by atoms with Crippen molar-refractivity contribution < 1.29 is 14.2 Å². The minimum absolute atomic E-state index is 0.535. The van der Waals surface area contributed by atoms with Gasteiger partial charge in [-0.2, -0.15) is 0 Å². The second-order valence-corrected chi connectivity index (χ2v) is 16.5. The highest BCUT2D eigenvalue weighted by Gasteiger charge is 2.32. The largest absolute Gasteiger partial charge is 0.496 e. The van der Waals surface area contributed by atoms with Gasteiger partial charge in [0.2, 0.25) is 0 Å². The maximum absolute atomic E-state index is 5.86. The molecule has 3 saturated carbocycles. The van der Waals surface area contributed by atoms with Crippen LogP contribution in [0.3, 0.4) is 0 Å². The average Bonchev–Trinajstić information content (AvgIpc) is 3.17. The SMILES string of the molecule is COc1cc(-c2cc(CN3CCC(N(Cc4ccnc(-c5cc(OC)c(OC)c(C6CCC6)c5)c4)C4CCCCC4)CC3)ccn2)cc(C2CCC2)c1C. The minimum Gasteiger partial charge on any atom is -0.496 e. The zero-order valence-electron chi connectivity index (χ0n) is 33.1. The van der Waals surface area contributed by atoms with E-state index in [2.05, 4.69) is 65.3 Å². The van der Waals surface area contributed by atoms with Crippen molar-refractivity contribution in [2.45, 2.75) is 127 Å². The van der Waals surface area contributed by atoms with Crippen LogP contribution >= 0.6 is 0 Å². The number of rotatable bonds is 13. The minimum atomic E-state index is 0.535. The normalized spacial score (nSPS) is 19.1. The molecular weight excluding hydrogens is 669 g/mol. The highest BCUT2D eigenvalue weighted by atomic mass is 16.5. The van der Waals surface area contributed by atoms with Crippen LogP contribution in [0.2, 0.25) is 0 Å². The maximum atomic E-state index is 5.86. The van der Waals surface area contributed by atoms with E-state index in [1.165, 1.54) is 117 Å². The molecule has 0 radical (unpaired) electrons. The van der Waals surface area contributed by atoms with Crippen LogP contribution in [0.15, 0.2) is 60.9 Å². The molecule has 2 aromatic heterocycles. The summed E-state index contributed by atoms with van der Waals surface area (Å²) in [6.07, 6.45) is 20.7. The Balaban J connectivity index is 0.964. The number of likely N-dealkylation sites (tertiary alicyclic amines) is 1. The number of methoxy groups -OCH3 is 3. The third kappa shape index (κ3) is 7.90. The lowest BCUT2D eigenvalue weighted by Gasteiger charge is -2.44. The second-order valence-electron chi connectivity index (χ2n) is 16.5. The average molecular weight is 729 g/mol. The van der Waals surface area contributed by atoms with E-state index in [9.17, 15) is 0 Å². The summed E-state index contributed by atoms with van der Waals surface area (Å²) < 4.78 is 17.5. The Kier molecular flexibility index (Phi) is 11.5. The lowest BCUT2D eigenvalue weighted by molar-refractivity contribution is 0.0488. The van der Waals surface area contributed by atoms with Gasteiger partial charge >= 0.3 is 0 Å². The Bertz CT molecular complexity index is 1890. The van der Waals surface area contributed by atoms with Crippen molar-refractivity contribution in [2.24, 2.45) is 0 Å². The summed E-state index contributed by atoms with van der Waals surface area (Å²) in [6.45, 7) is 6.38. The Morgan fingerprint density at radius 1 is 0.611 bits per heavy atom.